The quantitative estimate of drug-likeness (QED) is 0.198. The van der Waals surface area contributed by atoms with E-state index in [1.165, 1.54) is 11.3 Å². The first kappa shape index (κ1) is 20.7. The Balaban J connectivity index is 1.59. The lowest BCUT2D eigenvalue weighted by Crippen LogP contribution is -2.14. The van der Waals surface area contributed by atoms with Gasteiger partial charge in [-0.25, -0.2) is 4.68 Å². The van der Waals surface area contributed by atoms with Crippen LogP contribution in [-0.4, -0.2) is 21.3 Å². The predicted octanol–water partition coefficient (Wildman–Crippen LogP) is 5.64. The van der Waals surface area contributed by atoms with Crippen LogP contribution >= 0.6 is 11.3 Å². The lowest BCUT2D eigenvalue weighted by atomic mass is 10.0. The second kappa shape index (κ2) is 9.14. The molecule has 0 spiro atoms. The Hall–Kier alpha value is -4.16. The van der Waals surface area contributed by atoms with Gasteiger partial charge in [0.25, 0.3) is 0 Å². The molecule has 0 saturated heterocycles. The largest absolute Gasteiger partial charge is 0.286 e. The minimum atomic E-state index is -0.138. The molecule has 0 atom stereocenters. The van der Waals surface area contributed by atoms with Gasteiger partial charge in [-0.05, 0) is 41.5 Å². The molecule has 5 nitrogen and oxygen atoms in total. The van der Waals surface area contributed by atoms with E-state index < -0.39 is 0 Å². The number of ketones is 1. The molecule has 0 saturated carbocycles. The maximum atomic E-state index is 13.3. The van der Waals surface area contributed by atoms with Gasteiger partial charge >= 0.3 is 0 Å². The summed E-state index contributed by atoms with van der Waals surface area (Å²) in [5.74, 6) is -0.138. The number of aromatic nitrogens is 2. The molecule has 0 aliphatic rings. The third kappa shape index (κ3) is 4.42. The van der Waals surface area contributed by atoms with E-state index in [-0.39, 0.29) is 5.78 Å². The van der Waals surface area contributed by atoms with Crippen LogP contribution in [0.1, 0.15) is 27.9 Å². The van der Waals surface area contributed by atoms with Gasteiger partial charge in [-0.15, -0.1) is 5.10 Å². The number of hydrogen-bond acceptors (Lipinski definition) is 5. The fraction of sp³-hybridized carbons (Fsp3) is 0.0370. The van der Waals surface area contributed by atoms with Crippen LogP contribution in [0.25, 0.3) is 16.5 Å². The van der Waals surface area contributed by atoms with Crippen LogP contribution in [0.3, 0.4) is 0 Å². The Morgan fingerprint density at radius 2 is 1.45 bits per heavy atom. The molecule has 1 heterocycles. The van der Waals surface area contributed by atoms with Gasteiger partial charge in [0.2, 0.25) is 10.6 Å². The van der Waals surface area contributed by atoms with E-state index >= 15 is 0 Å². The number of rotatable bonds is 5. The maximum absolute atomic E-state index is 13.3. The number of nitrogens with zero attached hydrogens (tertiary/aromatic N) is 4. The second-order valence-corrected chi connectivity index (χ2v) is 8.44. The zero-order valence-corrected chi connectivity index (χ0v) is 18.7. The van der Waals surface area contributed by atoms with Crippen molar-refractivity contribution in [2.75, 3.05) is 0 Å². The van der Waals surface area contributed by atoms with Crippen LogP contribution in [0.4, 0.5) is 0 Å². The van der Waals surface area contributed by atoms with E-state index in [9.17, 15) is 4.79 Å². The lowest BCUT2D eigenvalue weighted by molar-refractivity contribution is 0.103. The van der Waals surface area contributed by atoms with Gasteiger partial charge in [0, 0.05) is 5.56 Å². The highest BCUT2D eigenvalue weighted by Gasteiger charge is 2.17. The first-order valence-corrected chi connectivity index (χ1v) is 11.3. The molecule has 160 valence electrons. The molecule has 5 rings (SSSR count). The highest BCUT2D eigenvalue weighted by atomic mass is 32.1. The summed E-state index contributed by atoms with van der Waals surface area (Å²) in [6.07, 6.45) is 0. The van der Waals surface area contributed by atoms with E-state index in [1.807, 2.05) is 110 Å². The molecule has 0 unspecified atom stereocenters. The summed E-state index contributed by atoms with van der Waals surface area (Å²) in [6.45, 7) is 1.91. The molecule has 0 radical (unpaired) electrons. The smallest absolute Gasteiger partial charge is 0.233 e. The summed E-state index contributed by atoms with van der Waals surface area (Å²) in [5, 5.41) is 16.0. The molecule has 6 heteroatoms. The van der Waals surface area contributed by atoms with Crippen LogP contribution in [-0.2, 0) is 0 Å². The van der Waals surface area contributed by atoms with Crippen molar-refractivity contribution in [3.63, 3.8) is 0 Å². The van der Waals surface area contributed by atoms with E-state index in [4.69, 9.17) is 0 Å². The molecule has 33 heavy (non-hydrogen) atoms. The Morgan fingerprint density at radius 3 is 2.21 bits per heavy atom. The molecule has 5 aromatic rings. The van der Waals surface area contributed by atoms with Crippen LogP contribution in [0.15, 0.2) is 113 Å². The molecular weight excluding hydrogens is 428 g/mol. The lowest BCUT2D eigenvalue weighted by Gasteiger charge is -2.01. The van der Waals surface area contributed by atoms with Gasteiger partial charge in [0.05, 0.1) is 11.4 Å². The normalized spacial score (nSPS) is 12.3. The van der Waals surface area contributed by atoms with Crippen molar-refractivity contribution >= 4 is 33.6 Å². The maximum Gasteiger partial charge on any atom is 0.233 e. The monoisotopic (exact) mass is 448 g/mol. The summed E-state index contributed by atoms with van der Waals surface area (Å²) in [4.78, 5) is 13.8. The Morgan fingerprint density at radius 1 is 0.788 bits per heavy atom. The van der Waals surface area contributed by atoms with Gasteiger partial charge in [0.1, 0.15) is 0 Å². The van der Waals surface area contributed by atoms with Crippen molar-refractivity contribution in [3.05, 3.63) is 124 Å². The van der Waals surface area contributed by atoms with Crippen LogP contribution in [0, 0.1) is 0 Å². The highest BCUT2D eigenvalue weighted by molar-refractivity contribution is 7.11. The summed E-state index contributed by atoms with van der Waals surface area (Å²) in [6, 6.07) is 33.2. The third-order valence-electron chi connectivity index (χ3n) is 5.24. The molecular formula is C27H20N4OS. The Labute approximate surface area is 195 Å². The molecule has 0 aliphatic carbocycles. The van der Waals surface area contributed by atoms with Crippen molar-refractivity contribution in [3.8, 4) is 5.69 Å². The summed E-state index contributed by atoms with van der Waals surface area (Å²) < 4.78 is 1.67. The fourth-order valence-electron chi connectivity index (χ4n) is 3.48. The summed E-state index contributed by atoms with van der Waals surface area (Å²) in [7, 11) is 0. The van der Waals surface area contributed by atoms with Crippen LogP contribution in [0.2, 0.25) is 0 Å². The summed E-state index contributed by atoms with van der Waals surface area (Å²) in [5.41, 5.74) is 3.19. The summed E-state index contributed by atoms with van der Waals surface area (Å²) >= 11 is 1.23. The van der Waals surface area contributed by atoms with E-state index in [0.717, 1.165) is 27.7 Å². The van der Waals surface area contributed by atoms with E-state index in [1.54, 1.807) is 4.68 Å². The van der Waals surface area contributed by atoms with Crippen molar-refractivity contribution < 1.29 is 4.79 Å². The van der Waals surface area contributed by atoms with E-state index in [2.05, 4.69) is 15.3 Å². The number of benzene rings is 4. The van der Waals surface area contributed by atoms with Crippen molar-refractivity contribution in [1.82, 2.24) is 9.78 Å². The number of carbonyl (C=O) groups is 1. The fourth-order valence-corrected chi connectivity index (χ4v) is 4.30. The average Bonchev–Trinajstić information content (AvgIpc) is 3.32. The topological polar surface area (TPSA) is 59.6 Å². The van der Waals surface area contributed by atoms with Crippen molar-refractivity contribution in [2.45, 2.75) is 6.92 Å². The van der Waals surface area contributed by atoms with Gasteiger partial charge < -0.3 is 0 Å². The first-order valence-electron chi connectivity index (χ1n) is 10.5. The number of hydrogen-bond donors (Lipinski definition) is 0. The van der Waals surface area contributed by atoms with E-state index in [0.29, 0.717) is 15.4 Å². The minimum Gasteiger partial charge on any atom is -0.286 e. The minimum absolute atomic E-state index is 0.138. The third-order valence-corrected chi connectivity index (χ3v) is 6.14. The highest BCUT2D eigenvalue weighted by Crippen LogP contribution is 2.19. The van der Waals surface area contributed by atoms with Gasteiger partial charge in [0.15, 0.2) is 5.01 Å². The molecule has 0 amide bonds. The molecule has 0 N–H and O–H groups in total. The average molecular weight is 449 g/mol. The molecule has 1 aromatic heterocycles. The Bertz CT molecular complexity index is 1530. The Kier molecular flexibility index (Phi) is 5.74. The molecule has 4 aromatic carbocycles. The first-order chi connectivity index (χ1) is 16.2. The molecule has 0 fully saturated rings. The number of carbonyl (C=O) groups excluding carboxylic acids is 1. The zero-order chi connectivity index (χ0) is 22.6. The van der Waals surface area contributed by atoms with Gasteiger partial charge in [-0.3, -0.25) is 4.79 Å². The van der Waals surface area contributed by atoms with Crippen LogP contribution in [0.5, 0.6) is 0 Å². The van der Waals surface area contributed by atoms with Crippen LogP contribution < -0.4 is 4.80 Å². The van der Waals surface area contributed by atoms with Crippen molar-refractivity contribution in [2.24, 2.45) is 10.2 Å². The molecule has 0 aliphatic heterocycles. The SMILES string of the molecule is C/C(=N\N=c1\sc(C(=O)c2ccc3ccccc3c2)nn1-c1ccccc1)c1ccccc1. The van der Waals surface area contributed by atoms with Gasteiger partial charge in [-0.1, -0.05) is 96.3 Å². The van der Waals surface area contributed by atoms with Crippen molar-refractivity contribution in [1.29, 1.82) is 0 Å². The standard InChI is InChI=1S/C27H20N4OS/c1-19(20-10-4-2-5-11-20)28-29-27-31(24-14-6-3-7-15-24)30-26(33-27)25(32)23-17-16-21-12-8-9-13-22(21)18-23/h2-18H,1H3/b28-19+,29-27+. The number of para-hydroxylation sites is 1. The predicted molar refractivity (Wildman–Crippen MR) is 133 cm³/mol. The number of fused-ring (bicyclic) bond motifs is 1. The zero-order valence-electron chi connectivity index (χ0n) is 17.9. The van der Waals surface area contributed by atoms with Gasteiger partial charge in [-0.2, -0.15) is 10.2 Å². The second-order valence-electron chi connectivity index (χ2n) is 7.48. The molecule has 0 bridgehead atoms.